The highest BCUT2D eigenvalue weighted by atomic mass is 16.2. The highest BCUT2D eigenvalue weighted by Crippen LogP contribution is 2.55. The van der Waals surface area contributed by atoms with E-state index < -0.39 is 0 Å². The van der Waals surface area contributed by atoms with Gasteiger partial charge in [0, 0.05) is 24.3 Å². The van der Waals surface area contributed by atoms with Crippen molar-refractivity contribution in [1.82, 2.24) is 15.5 Å². The molecule has 6 nitrogen and oxygen atoms in total. The summed E-state index contributed by atoms with van der Waals surface area (Å²) in [6, 6.07) is 7.54. The van der Waals surface area contributed by atoms with Crippen molar-refractivity contribution in [3.05, 3.63) is 29.8 Å². The Balaban J connectivity index is 1.10. The predicted molar refractivity (Wildman–Crippen MR) is 131 cm³/mol. The number of nitrogens with one attached hydrogen (secondary N) is 3. The van der Waals surface area contributed by atoms with Crippen LogP contribution in [0, 0.1) is 30.6 Å². The second kappa shape index (κ2) is 9.28. The minimum absolute atomic E-state index is 0.0743. The maximum atomic E-state index is 13.3. The molecule has 0 aromatic heterocycles. The summed E-state index contributed by atoms with van der Waals surface area (Å²) in [5.41, 5.74) is 2.05. The van der Waals surface area contributed by atoms with E-state index in [-0.39, 0.29) is 23.5 Å². The molecule has 4 aliphatic carbocycles. The van der Waals surface area contributed by atoms with Gasteiger partial charge in [0.2, 0.25) is 5.91 Å². The van der Waals surface area contributed by atoms with Gasteiger partial charge >= 0.3 is 6.03 Å². The average molecular weight is 453 g/mol. The topological polar surface area (TPSA) is 73.5 Å². The lowest BCUT2D eigenvalue weighted by molar-refractivity contribution is -0.132. The lowest BCUT2D eigenvalue weighted by atomic mass is 9.53. The summed E-state index contributed by atoms with van der Waals surface area (Å²) in [5.74, 6) is 3.09. The molecule has 1 aromatic carbocycles. The maximum Gasteiger partial charge on any atom is 0.319 e. The normalized spacial score (nSPS) is 34.0. The van der Waals surface area contributed by atoms with Gasteiger partial charge in [-0.15, -0.1) is 0 Å². The monoisotopic (exact) mass is 452 g/mol. The molecule has 180 valence electrons. The number of hydrogen-bond donors (Lipinski definition) is 3. The number of likely N-dealkylation sites (tertiary alicyclic amines) is 1. The molecule has 1 aromatic rings. The van der Waals surface area contributed by atoms with E-state index in [0.29, 0.717) is 12.5 Å². The molecule has 1 aliphatic heterocycles. The van der Waals surface area contributed by atoms with Crippen molar-refractivity contribution in [3.63, 3.8) is 0 Å². The van der Waals surface area contributed by atoms with E-state index >= 15 is 0 Å². The molecule has 2 unspecified atom stereocenters. The van der Waals surface area contributed by atoms with Crippen LogP contribution in [-0.4, -0.2) is 48.1 Å². The van der Waals surface area contributed by atoms with E-state index in [9.17, 15) is 9.59 Å². The number of carbonyl (C=O) groups is 2. The maximum absolute atomic E-state index is 13.3. The Morgan fingerprint density at radius 1 is 1.06 bits per heavy atom. The summed E-state index contributed by atoms with van der Waals surface area (Å²) in [6.45, 7) is 6.55. The van der Waals surface area contributed by atoms with E-state index in [0.717, 1.165) is 49.4 Å². The van der Waals surface area contributed by atoms with E-state index in [1.807, 2.05) is 31.2 Å². The Morgan fingerprint density at radius 3 is 2.33 bits per heavy atom. The Hall–Kier alpha value is -2.08. The number of anilines is 1. The summed E-state index contributed by atoms with van der Waals surface area (Å²) < 4.78 is 0. The van der Waals surface area contributed by atoms with Crippen molar-refractivity contribution in [2.24, 2.45) is 23.7 Å². The Kier molecular flexibility index (Phi) is 6.39. The minimum Gasteiger partial charge on any atom is -0.349 e. The number of amides is 3. The molecule has 3 amide bonds. The molecule has 1 saturated heterocycles. The molecular weight excluding hydrogens is 412 g/mol. The molecular formula is C27H40N4O2. The van der Waals surface area contributed by atoms with Gasteiger partial charge in [-0.05, 0) is 108 Å². The van der Waals surface area contributed by atoms with Crippen molar-refractivity contribution >= 4 is 17.6 Å². The number of piperidine rings is 1. The average Bonchev–Trinajstić information content (AvgIpc) is 2.78. The van der Waals surface area contributed by atoms with E-state index in [4.69, 9.17) is 0 Å². The number of carbonyl (C=O) groups excluding carboxylic acids is 2. The molecule has 6 heteroatoms. The molecule has 4 bridgehead atoms. The van der Waals surface area contributed by atoms with Gasteiger partial charge in [-0.1, -0.05) is 17.7 Å². The second-order valence-electron chi connectivity index (χ2n) is 11.6. The highest BCUT2D eigenvalue weighted by molar-refractivity contribution is 5.89. The van der Waals surface area contributed by atoms with Crippen molar-refractivity contribution in [3.8, 4) is 0 Å². The summed E-state index contributed by atoms with van der Waals surface area (Å²) in [4.78, 5) is 27.9. The van der Waals surface area contributed by atoms with Crippen LogP contribution in [0.15, 0.2) is 24.3 Å². The van der Waals surface area contributed by atoms with E-state index in [2.05, 4.69) is 27.8 Å². The van der Waals surface area contributed by atoms with Gasteiger partial charge in [0.1, 0.15) is 0 Å². The van der Waals surface area contributed by atoms with Crippen molar-refractivity contribution in [1.29, 1.82) is 0 Å². The number of aryl methyl sites for hydroxylation is 1. The van der Waals surface area contributed by atoms with Crippen LogP contribution in [0.25, 0.3) is 0 Å². The van der Waals surface area contributed by atoms with Gasteiger partial charge in [-0.25, -0.2) is 4.79 Å². The largest absolute Gasteiger partial charge is 0.349 e. The molecule has 5 fully saturated rings. The fourth-order valence-electron chi connectivity index (χ4n) is 7.46. The molecule has 0 radical (unpaired) electrons. The predicted octanol–water partition coefficient (Wildman–Crippen LogP) is 4.30. The van der Waals surface area contributed by atoms with E-state index in [1.165, 1.54) is 44.1 Å². The number of urea groups is 1. The fourth-order valence-corrected chi connectivity index (χ4v) is 7.46. The summed E-state index contributed by atoms with van der Waals surface area (Å²) in [6.07, 6.45) is 9.92. The minimum atomic E-state index is -0.163. The molecule has 4 saturated carbocycles. The first-order valence-electron chi connectivity index (χ1n) is 13.0. The van der Waals surface area contributed by atoms with Crippen molar-refractivity contribution in [2.75, 3.05) is 25.0 Å². The molecule has 6 rings (SSSR count). The molecule has 2 atom stereocenters. The van der Waals surface area contributed by atoms with Crippen LogP contribution >= 0.6 is 0 Å². The third-order valence-electron chi connectivity index (χ3n) is 8.76. The molecule has 0 spiro atoms. The van der Waals surface area contributed by atoms with Gasteiger partial charge in [-0.3, -0.25) is 9.69 Å². The third kappa shape index (κ3) is 5.21. The van der Waals surface area contributed by atoms with Crippen molar-refractivity contribution in [2.45, 2.75) is 76.8 Å². The van der Waals surface area contributed by atoms with Gasteiger partial charge in [0.25, 0.3) is 0 Å². The number of rotatable bonds is 6. The van der Waals surface area contributed by atoms with Crippen LogP contribution in [0.4, 0.5) is 10.5 Å². The van der Waals surface area contributed by atoms with Gasteiger partial charge in [0.05, 0.1) is 6.04 Å². The molecule has 33 heavy (non-hydrogen) atoms. The lowest BCUT2D eigenvalue weighted by Gasteiger charge is -2.57. The number of nitrogens with zero attached hydrogens (tertiary/aromatic N) is 1. The van der Waals surface area contributed by atoms with Crippen molar-refractivity contribution < 1.29 is 9.59 Å². The molecule has 5 aliphatic rings. The van der Waals surface area contributed by atoms with Crippen LogP contribution in [0.3, 0.4) is 0 Å². The highest BCUT2D eigenvalue weighted by Gasteiger charge is 2.51. The Morgan fingerprint density at radius 2 is 1.70 bits per heavy atom. The second-order valence-corrected chi connectivity index (χ2v) is 11.6. The molecule has 1 heterocycles. The first-order valence-corrected chi connectivity index (χ1v) is 13.0. The SMILES string of the molecule is Cc1ccc(NC(=O)NCC2CCCN(C(C)C(=O)NC34CC5CC(CC(C5)C3)C4)C2)cc1. The van der Waals surface area contributed by atoms with Crippen LogP contribution in [-0.2, 0) is 4.79 Å². The summed E-state index contributed by atoms with van der Waals surface area (Å²) >= 11 is 0. The van der Waals surface area contributed by atoms with E-state index in [1.54, 1.807) is 0 Å². The fraction of sp³-hybridized carbons (Fsp3) is 0.704. The van der Waals surface area contributed by atoms with Gasteiger partial charge < -0.3 is 16.0 Å². The lowest BCUT2D eigenvalue weighted by Crippen LogP contribution is -2.62. The van der Waals surface area contributed by atoms with Gasteiger partial charge in [-0.2, -0.15) is 0 Å². The van der Waals surface area contributed by atoms with Gasteiger partial charge in [0.15, 0.2) is 0 Å². The van der Waals surface area contributed by atoms with Crippen LogP contribution in [0.1, 0.15) is 63.9 Å². The zero-order chi connectivity index (χ0) is 23.0. The summed E-state index contributed by atoms with van der Waals surface area (Å²) in [7, 11) is 0. The smallest absolute Gasteiger partial charge is 0.319 e. The number of hydrogen-bond acceptors (Lipinski definition) is 3. The first-order chi connectivity index (χ1) is 15.9. The standard InChI is InChI=1S/C27H40N4O2/c1-18-5-7-24(8-6-18)29-26(33)28-16-20-4-3-9-31(17-20)19(2)25(32)30-27-13-21-10-22(14-27)12-23(11-21)15-27/h5-8,19-23H,3-4,9-17H2,1-2H3,(H,30,32)(H2,28,29,33). The van der Waals surface area contributed by atoms with Crippen LogP contribution in [0.2, 0.25) is 0 Å². The van der Waals surface area contributed by atoms with Crippen LogP contribution in [0.5, 0.6) is 0 Å². The Bertz CT molecular complexity index is 832. The first kappa shape index (κ1) is 22.7. The zero-order valence-electron chi connectivity index (χ0n) is 20.2. The molecule has 3 N–H and O–H groups in total. The van der Waals surface area contributed by atoms with Crippen LogP contribution < -0.4 is 16.0 Å². The number of benzene rings is 1. The summed E-state index contributed by atoms with van der Waals surface area (Å²) in [5, 5.41) is 9.49. The quantitative estimate of drug-likeness (QED) is 0.602. The Labute approximate surface area is 198 Å². The third-order valence-corrected chi connectivity index (χ3v) is 8.76. The zero-order valence-corrected chi connectivity index (χ0v) is 20.2.